The van der Waals surface area contributed by atoms with Crippen LogP contribution in [0, 0.1) is 14.9 Å². The van der Waals surface area contributed by atoms with E-state index in [9.17, 15) is 0 Å². The van der Waals surface area contributed by atoms with Gasteiger partial charge in [0.2, 0.25) is 0 Å². The Bertz CT molecular complexity index is 2190. The topological polar surface area (TPSA) is 47.6 Å². The third kappa shape index (κ3) is 9.70. The zero-order chi connectivity index (χ0) is 36.7. The summed E-state index contributed by atoms with van der Waals surface area (Å²) in [6, 6.07) is 72.1. The van der Waals surface area contributed by atoms with Gasteiger partial charge in [0.05, 0.1) is 15.8 Å². The van der Waals surface area contributed by atoms with E-state index in [0.717, 1.165) is 12.8 Å². The Morgan fingerprint density at radius 1 is 0.351 bits per heavy atom. The van der Waals surface area contributed by atoms with Gasteiger partial charge >= 0.3 is 19.5 Å². The van der Waals surface area contributed by atoms with Gasteiger partial charge in [-0.3, -0.25) is 0 Å². The molecule has 1 aliphatic carbocycles. The van der Waals surface area contributed by atoms with Crippen molar-refractivity contribution in [3.05, 3.63) is 220 Å². The number of benzene rings is 8. The number of hydrogen-bond acceptors (Lipinski definition) is 0. The van der Waals surface area contributed by atoms with Crippen molar-refractivity contribution < 1.29 is 19.5 Å². The van der Waals surface area contributed by atoms with Crippen molar-refractivity contribution >= 4 is 69.2 Å². The van der Waals surface area contributed by atoms with Crippen molar-refractivity contribution in [1.82, 2.24) is 0 Å². The van der Waals surface area contributed by atoms with Crippen LogP contribution in [-0.2, 0) is 19.5 Å². The van der Waals surface area contributed by atoms with Crippen LogP contribution >= 0.6 is 15.8 Å². The summed E-state index contributed by atoms with van der Waals surface area (Å²) in [6.07, 6.45) is 4.25. The molecule has 0 heterocycles. The Morgan fingerprint density at radius 2 is 0.632 bits per heavy atom. The first-order valence-electron chi connectivity index (χ1n) is 19.1. The predicted octanol–water partition coefficient (Wildman–Crippen LogP) is 11.9. The molecule has 0 bridgehead atoms. The van der Waals surface area contributed by atoms with Crippen LogP contribution < -0.4 is 31.8 Å². The number of rotatable bonds is 7. The summed E-state index contributed by atoms with van der Waals surface area (Å²) in [4.78, 5) is 0. The van der Waals surface area contributed by atoms with E-state index in [2.05, 4.69) is 194 Å². The van der Waals surface area contributed by atoms with E-state index in [1.54, 1.807) is 0 Å². The predicted molar refractivity (Wildman–Crippen MR) is 255 cm³/mol. The second-order valence-corrected chi connectivity index (χ2v) is 19.0. The monoisotopic (exact) mass is 868 g/mol. The zero-order valence-corrected chi connectivity index (χ0v) is 36.5. The summed E-state index contributed by atoms with van der Waals surface area (Å²) in [5.74, 6) is 0. The molecule has 0 spiro atoms. The minimum atomic E-state index is -1.37. The molecule has 8 aromatic rings. The van der Waals surface area contributed by atoms with Crippen LogP contribution in [0.4, 0.5) is 0 Å². The maximum atomic E-state index is 7.29. The molecule has 0 unspecified atom stereocenters. The molecular formula is C52H52N2P2Ru+2. The maximum Gasteiger partial charge on any atom is 4.00 e. The average molecular weight is 868 g/mol. The molecule has 2 atom stereocenters. The van der Waals surface area contributed by atoms with Crippen LogP contribution in [0.3, 0.4) is 0 Å². The minimum absolute atomic E-state index is 0. The van der Waals surface area contributed by atoms with Gasteiger partial charge in [-0.2, -0.15) is 12.1 Å². The molecule has 1 aliphatic rings. The summed E-state index contributed by atoms with van der Waals surface area (Å²) in [5.41, 5.74) is 17.3. The van der Waals surface area contributed by atoms with Crippen molar-refractivity contribution in [3.8, 4) is 11.1 Å². The minimum Gasteiger partial charge on any atom is -0.676 e. The van der Waals surface area contributed by atoms with Gasteiger partial charge in [-0.25, -0.2) is 0 Å². The molecule has 1 fully saturated rings. The molecule has 5 heteroatoms. The second-order valence-electron chi connectivity index (χ2n) is 14.1. The molecule has 9 rings (SSSR count). The molecule has 0 saturated heterocycles. The number of fused-ring (bicyclic) bond motifs is 2. The van der Waals surface area contributed by atoms with Crippen LogP contribution in [-0.4, -0.2) is 12.1 Å². The van der Waals surface area contributed by atoms with Gasteiger partial charge in [-0.05, 0) is 82.2 Å². The first-order valence-corrected chi connectivity index (χ1v) is 22.1. The van der Waals surface area contributed by atoms with Gasteiger partial charge in [-0.1, -0.05) is 159 Å². The summed E-state index contributed by atoms with van der Waals surface area (Å²) in [5, 5.41) is 13.6. The fourth-order valence-electron chi connectivity index (χ4n) is 8.00. The van der Waals surface area contributed by atoms with Crippen LogP contribution in [0.1, 0.15) is 25.7 Å². The summed E-state index contributed by atoms with van der Waals surface area (Å²) in [6.45, 7) is 0. The maximum absolute atomic E-state index is 7.29. The van der Waals surface area contributed by atoms with E-state index in [1.165, 1.54) is 77.3 Å². The van der Waals surface area contributed by atoms with E-state index in [0.29, 0.717) is 0 Å². The van der Waals surface area contributed by atoms with E-state index in [4.69, 9.17) is 11.5 Å². The Hall–Kier alpha value is -4.32. The molecule has 2 N–H and O–H groups in total. The standard InChI is InChI=1S/C44H32P2.C6H12N2.2CH3.Ru/c1-5-19-35(20-6-1)45(36-21-7-2-8-22-36)41-31-29-33-17-13-15-27-39(33)43(41)44-40-28-16-14-18-34(40)30-32-42(44)46(37-23-9-3-10-24-37)38-25-11-4-12-26-38;7-5-3-1-2-4-6(5)8;;;/h1-32H;5-8H,1-4H2;2*1H3;/q;-2;2*-1;+4/p+2/t;5-,6-;;;/m.1.../s1. The van der Waals surface area contributed by atoms with Crippen LogP contribution in [0.2, 0.25) is 0 Å². The molecule has 57 heavy (non-hydrogen) atoms. The van der Waals surface area contributed by atoms with Crippen molar-refractivity contribution in [3.63, 3.8) is 0 Å². The van der Waals surface area contributed by atoms with Crippen molar-refractivity contribution in [2.45, 2.75) is 37.8 Å². The molecule has 1 saturated carbocycles. The van der Waals surface area contributed by atoms with Crippen molar-refractivity contribution in [2.24, 2.45) is 0 Å². The molecule has 0 aromatic heterocycles. The van der Waals surface area contributed by atoms with Gasteiger partial charge in [0, 0.05) is 11.1 Å². The fraction of sp³-hybridized carbons (Fsp3) is 0.115. The van der Waals surface area contributed by atoms with Gasteiger partial charge in [0.1, 0.15) is 31.8 Å². The SMILES string of the molecule is [CH3-].[CH3-].[NH-][C@@H]1CCCC[C@H]1[NH-].[Ru+4].c1ccc([PH+](c2ccccc2)c2ccc3ccccc3c2-c2c([PH+](c3ccccc3)c3ccccc3)ccc3ccccc23)cc1. The van der Waals surface area contributed by atoms with Crippen LogP contribution in [0.15, 0.2) is 194 Å². The van der Waals surface area contributed by atoms with Crippen molar-refractivity contribution in [1.29, 1.82) is 0 Å². The van der Waals surface area contributed by atoms with E-state index < -0.39 is 15.8 Å². The number of hydrogen-bond donors (Lipinski definition) is 0. The zero-order valence-electron chi connectivity index (χ0n) is 32.8. The molecule has 2 nitrogen and oxygen atoms in total. The number of nitrogens with one attached hydrogen (secondary N) is 2. The molecule has 0 aliphatic heterocycles. The van der Waals surface area contributed by atoms with Crippen LogP contribution in [0.5, 0.6) is 0 Å². The van der Waals surface area contributed by atoms with E-state index >= 15 is 0 Å². The van der Waals surface area contributed by atoms with Gasteiger partial charge < -0.3 is 26.3 Å². The Kier molecular flexibility index (Phi) is 16.1. The third-order valence-corrected chi connectivity index (χ3v) is 16.2. The normalized spacial score (nSPS) is 14.8. The van der Waals surface area contributed by atoms with Crippen LogP contribution in [0.25, 0.3) is 44.1 Å². The van der Waals surface area contributed by atoms with Gasteiger partial charge in [-0.15, -0.1) is 0 Å². The van der Waals surface area contributed by atoms with E-state index in [1.807, 2.05) is 0 Å². The molecule has 0 radical (unpaired) electrons. The smallest absolute Gasteiger partial charge is 0.676 e. The Labute approximate surface area is 356 Å². The fourth-order valence-corrected chi connectivity index (χ4v) is 13.5. The molecular weight excluding hydrogens is 816 g/mol. The molecule has 0 amide bonds. The molecule has 286 valence electrons. The molecule has 8 aromatic carbocycles. The Morgan fingerprint density at radius 3 is 0.930 bits per heavy atom. The summed E-state index contributed by atoms with van der Waals surface area (Å²) < 4.78 is 0. The Balaban J connectivity index is 0.000000506. The van der Waals surface area contributed by atoms with Gasteiger partial charge in [0.25, 0.3) is 0 Å². The van der Waals surface area contributed by atoms with Crippen molar-refractivity contribution in [2.75, 3.05) is 0 Å². The van der Waals surface area contributed by atoms with Gasteiger partial charge in [0.15, 0.2) is 0 Å². The van der Waals surface area contributed by atoms with E-state index in [-0.39, 0.29) is 46.4 Å². The first-order chi connectivity index (χ1) is 26.7. The third-order valence-electron chi connectivity index (χ3n) is 10.7. The summed E-state index contributed by atoms with van der Waals surface area (Å²) in [7, 11) is -2.74. The first kappa shape index (κ1) is 43.8. The largest absolute Gasteiger partial charge is 4.00 e. The summed E-state index contributed by atoms with van der Waals surface area (Å²) >= 11 is 0. The second kappa shape index (κ2) is 20.9. The average Bonchev–Trinajstić information content (AvgIpc) is 3.24. The quantitative estimate of drug-likeness (QED) is 0.0870.